The number of piperidine rings is 1. The van der Waals surface area contributed by atoms with E-state index in [4.69, 9.17) is 9.40 Å². The summed E-state index contributed by atoms with van der Waals surface area (Å²) in [5.41, 5.74) is 1.88. The van der Waals surface area contributed by atoms with Gasteiger partial charge in [-0.1, -0.05) is 0 Å². The van der Waals surface area contributed by atoms with E-state index in [0.717, 1.165) is 48.1 Å². The normalized spacial score (nSPS) is 16.4. The van der Waals surface area contributed by atoms with Gasteiger partial charge >= 0.3 is 0 Å². The van der Waals surface area contributed by atoms with Crippen LogP contribution in [0.1, 0.15) is 18.6 Å². The number of imidazole rings is 1. The molecule has 22 heavy (non-hydrogen) atoms. The Balaban J connectivity index is 1.79. The molecule has 0 radical (unpaired) electrons. The minimum Gasteiger partial charge on any atom is -0.458 e. The van der Waals surface area contributed by atoms with Crippen LogP contribution in [-0.2, 0) is 6.54 Å². The molecule has 0 aromatic carbocycles. The molecule has 4 rings (SSSR count). The van der Waals surface area contributed by atoms with Crippen LogP contribution in [0.5, 0.6) is 0 Å². The van der Waals surface area contributed by atoms with Crippen LogP contribution in [0.25, 0.3) is 22.7 Å². The molecule has 0 bridgehead atoms. The highest BCUT2D eigenvalue weighted by atomic mass is 16.3. The highest BCUT2D eigenvalue weighted by Crippen LogP contribution is 2.27. The number of nitrogens with zero attached hydrogens (tertiary/aromatic N) is 3. The van der Waals surface area contributed by atoms with Crippen LogP contribution in [0, 0.1) is 12.8 Å². The van der Waals surface area contributed by atoms with Gasteiger partial charge in [-0.2, -0.15) is 0 Å². The first-order valence-electron chi connectivity index (χ1n) is 7.90. The van der Waals surface area contributed by atoms with Crippen molar-refractivity contribution in [3.8, 4) is 11.6 Å². The van der Waals surface area contributed by atoms with E-state index >= 15 is 0 Å². The summed E-state index contributed by atoms with van der Waals surface area (Å²) in [7, 11) is 0. The second-order valence-electron chi connectivity index (χ2n) is 6.00. The lowest BCUT2D eigenvalue weighted by molar-refractivity contribution is 0.336. The molecule has 5 heteroatoms. The second-order valence-corrected chi connectivity index (χ2v) is 6.00. The average molecular weight is 296 g/mol. The maximum absolute atomic E-state index is 5.81. The van der Waals surface area contributed by atoms with Gasteiger partial charge in [0.15, 0.2) is 17.2 Å². The second kappa shape index (κ2) is 5.57. The third-order valence-electron chi connectivity index (χ3n) is 4.36. The Hall–Kier alpha value is -2.14. The van der Waals surface area contributed by atoms with Crippen molar-refractivity contribution in [1.82, 2.24) is 19.9 Å². The Labute approximate surface area is 129 Å². The smallest absolute Gasteiger partial charge is 0.178 e. The minimum absolute atomic E-state index is 0.662. The molecule has 1 saturated heterocycles. The first-order chi connectivity index (χ1) is 10.8. The molecule has 0 spiro atoms. The number of pyridine rings is 1. The topological polar surface area (TPSA) is 55.9 Å². The van der Waals surface area contributed by atoms with Gasteiger partial charge in [-0.15, -0.1) is 0 Å². The molecular weight excluding hydrogens is 276 g/mol. The molecule has 1 fully saturated rings. The van der Waals surface area contributed by atoms with Crippen molar-refractivity contribution in [3.05, 3.63) is 36.2 Å². The molecule has 0 amide bonds. The van der Waals surface area contributed by atoms with E-state index in [1.807, 2.05) is 37.4 Å². The highest BCUT2D eigenvalue weighted by molar-refractivity contribution is 5.75. The Kier molecular flexibility index (Phi) is 3.42. The van der Waals surface area contributed by atoms with Crippen molar-refractivity contribution in [2.75, 3.05) is 13.1 Å². The predicted octanol–water partition coefficient (Wildman–Crippen LogP) is 3.00. The Morgan fingerprint density at radius 2 is 2.14 bits per heavy atom. The first-order valence-corrected chi connectivity index (χ1v) is 7.90. The molecule has 3 aromatic heterocycles. The van der Waals surface area contributed by atoms with Gasteiger partial charge in [0.05, 0.1) is 0 Å². The Bertz CT molecular complexity index is 783. The van der Waals surface area contributed by atoms with Gasteiger partial charge < -0.3 is 14.3 Å². The maximum Gasteiger partial charge on any atom is 0.178 e. The summed E-state index contributed by atoms with van der Waals surface area (Å²) in [5, 5.41) is 3.42. The van der Waals surface area contributed by atoms with E-state index in [1.54, 1.807) is 0 Å². The standard InChI is InChI=1S/C17H20N4O/c1-12-4-5-15(22-12)17-20-14-3-2-8-19-16(14)21(17)11-13-6-9-18-10-7-13/h2-5,8,13,18H,6-7,9-11H2,1H3. The van der Waals surface area contributed by atoms with Crippen molar-refractivity contribution in [3.63, 3.8) is 0 Å². The van der Waals surface area contributed by atoms with Gasteiger partial charge in [0.25, 0.3) is 0 Å². The van der Waals surface area contributed by atoms with Gasteiger partial charge in [-0.25, -0.2) is 9.97 Å². The van der Waals surface area contributed by atoms with Gasteiger partial charge in [-0.05, 0) is 63.0 Å². The summed E-state index contributed by atoms with van der Waals surface area (Å²) in [5.74, 6) is 3.28. The number of nitrogens with one attached hydrogen (secondary N) is 1. The fraction of sp³-hybridized carbons (Fsp3) is 0.412. The Morgan fingerprint density at radius 1 is 1.27 bits per heavy atom. The molecule has 0 atom stereocenters. The van der Waals surface area contributed by atoms with Crippen molar-refractivity contribution in [2.24, 2.45) is 5.92 Å². The number of hydrogen-bond acceptors (Lipinski definition) is 4. The van der Waals surface area contributed by atoms with E-state index < -0.39 is 0 Å². The quantitative estimate of drug-likeness (QED) is 0.807. The fourth-order valence-electron chi connectivity index (χ4n) is 3.20. The molecule has 0 aliphatic carbocycles. The van der Waals surface area contributed by atoms with Crippen LogP contribution in [0.15, 0.2) is 34.9 Å². The molecule has 3 aromatic rings. The molecule has 1 aliphatic rings. The van der Waals surface area contributed by atoms with E-state index in [2.05, 4.69) is 14.9 Å². The molecule has 5 nitrogen and oxygen atoms in total. The van der Waals surface area contributed by atoms with E-state index in [1.165, 1.54) is 12.8 Å². The zero-order chi connectivity index (χ0) is 14.9. The first kappa shape index (κ1) is 13.5. The van der Waals surface area contributed by atoms with Crippen molar-refractivity contribution in [2.45, 2.75) is 26.3 Å². The zero-order valence-corrected chi connectivity index (χ0v) is 12.7. The van der Waals surface area contributed by atoms with Crippen LogP contribution < -0.4 is 5.32 Å². The zero-order valence-electron chi connectivity index (χ0n) is 12.7. The number of rotatable bonds is 3. The molecule has 0 unspecified atom stereocenters. The largest absolute Gasteiger partial charge is 0.458 e. The molecular formula is C17H20N4O. The number of aryl methyl sites for hydroxylation is 1. The van der Waals surface area contributed by atoms with Crippen LogP contribution in [-0.4, -0.2) is 27.6 Å². The average Bonchev–Trinajstić information content (AvgIpc) is 3.13. The van der Waals surface area contributed by atoms with Crippen molar-refractivity contribution < 1.29 is 4.42 Å². The Morgan fingerprint density at radius 3 is 2.91 bits per heavy atom. The van der Waals surface area contributed by atoms with Crippen molar-refractivity contribution in [1.29, 1.82) is 0 Å². The van der Waals surface area contributed by atoms with Crippen LogP contribution in [0.4, 0.5) is 0 Å². The minimum atomic E-state index is 0.662. The van der Waals surface area contributed by atoms with Gasteiger partial charge in [0.1, 0.15) is 11.3 Å². The van der Waals surface area contributed by atoms with Gasteiger partial charge in [0.2, 0.25) is 0 Å². The lowest BCUT2D eigenvalue weighted by Crippen LogP contribution is -2.30. The predicted molar refractivity (Wildman–Crippen MR) is 85.6 cm³/mol. The third kappa shape index (κ3) is 2.41. The summed E-state index contributed by atoms with van der Waals surface area (Å²) >= 11 is 0. The molecule has 1 N–H and O–H groups in total. The molecule has 0 saturated carbocycles. The summed E-state index contributed by atoms with van der Waals surface area (Å²) in [4.78, 5) is 9.30. The molecule has 1 aliphatic heterocycles. The summed E-state index contributed by atoms with van der Waals surface area (Å²) in [6, 6.07) is 7.92. The van der Waals surface area contributed by atoms with E-state index in [0.29, 0.717) is 5.92 Å². The maximum atomic E-state index is 5.81. The highest BCUT2D eigenvalue weighted by Gasteiger charge is 2.20. The number of aromatic nitrogens is 3. The monoisotopic (exact) mass is 296 g/mol. The van der Waals surface area contributed by atoms with Crippen LogP contribution in [0.3, 0.4) is 0 Å². The summed E-state index contributed by atoms with van der Waals surface area (Å²) in [6.07, 6.45) is 4.23. The van der Waals surface area contributed by atoms with Crippen LogP contribution >= 0.6 is 0 Å². The van der Waals surface area contributed by atoms with Crippen LogP contribution in [0.2, 0.25) is 0 Å². The molecule has 4 heterocycles. The number of furan rings is 1. The fourth-order valence-corrected chi connectivity index (χ4v) is 3.20. The van der Waals surface area contributed by atoms with E-state index in [9.17, 15) is 0 Å². The summed E-state index contributed by atoms with van der Waals surface area (Å²) < 4.78 is 8.03. The third-order valence-corrected chi connectivity index (χ3v) is 4.36. The van der Waals surface area contributed by atoms with Gasteiger partial charge in [-0.3, -0.25) is 0 Å². The number of fused-ring (bicyclic) bond motifs is 1. The SMILES string of the molecule is Cc1ccc(-c2nc3cccnc3n2CC2CCNCC2)o1. The lowest BCUT2D eigenvalue weighted by atomic mass is 9.98. The number of hydrogen-bond donors (Lipinski definition) is 1. The van der Waals surface area contributed by atoms with Gasteiger partial charge in [0, 0.05) is 12.7 Å². The summed E-state index contributed by atoms with van der Waals surface area (Å²) in [6.45, 7) is 5.10. The molecule has 114 valence electrons. The van der Waals surface area contributed by atoms with Crippen molar-refractivity contribution >= 4 is 11.2 Å². The lowest BCUT2D eigenvalue weighted by Gasteiger charge is -2.23. The van der Waals surface area contributed by atoms with E-state index in [-0.39, 0.29) is 0 Å².